The smallest absolute Gasteiger partial charge is 0.387 e. The number of aromatic nitrogens is 2. The van der Waals surface area contributed by atoms with E-state index >= 15 is 0 Å². The Morgan fingerprint density at radius 2 is 1.55 bits per heavy atom. The first-order valence-electron chi connectivity index (χ1n) is 8.33. The van der Waals surface area contributed by atoms with Crippen LogP contribution in [-0.2, 0) is 6.54 Å². The minimum atomic E-state index is -3.05. The van der Waals surface area contributed by atoms with Gasteiger partial charge in [0.1, 0.15) is 5.75 Å². The molecule has 0 aliphatic heterocycles. The first-order chi connectivity index (χ1) is 14.7. The van der Waals surface area contributed by atoms with Gasteiger partial charge in [-0.3, -0.25) is 4.68 Å². The van der Waals surface area contributed by atoms with E-state index in [9.17, 15) is 30.7 Å². The van der Waals surface area contributed by atoms with Gasteiger partial charge in [0.25, 0.3) is 0 Å². The minimum absolute atomic E-state index is 0.0497. The molecule has 0 unspecified atom stereocenters. The van der Waals surface area contributed by atoms with Crippen molar-refractivity contribution in [2.45, 2.75) is 13.2 Å². The molecule has 2 aromatic carbocycles. The van der Waals surface area contributed by atoms with Crippen LogP contribution in [-0.4, -0.2) is 21.5 Å². The van der Waals surface area contributed by atoms with Crippen LogP contribution in [0.2, 0.25) is 0 Å². The Bertz CT molecular complexity index is 1090. The highest BCUT2D eigenvalue weighted by Gasteiger charge is 2.26. The molecule has 0 saturated carbocycles. The Hall–Kier alpha value is -3.35. The molecule has 0 radical (unpaired) electrons. The average Bonchev–Trinajstić information content (AvgIpc) is 3.16. The van der Waals surface area contributed by atoms with Crippen molar-refractivity contribution in [3.8, 4) is 5.75 Å². The zero-order chi connectivity index (χ0) is 22.7. The predicted octanol–water partition coefficient (Wildman–Crippen LogP) is 5.04. The maximum absolute atomic E-state index is 13.8. The highest BCUT2D eigenvalue weighted by molar-refractivity contribution is 7.80. The van der Waals surface area contributed by atoms with Gasteiger partial charge in [0.15, 0.2) is 34.2 Å². The summed E-state index contributed by atoms with van der Waals surface area (Å²) >= 11 is 5.04. The van der Waals surface area contributed by atoms with Gasteiger partial charge < -0.3 is 15.4 Å². The summed E-state index contributed by atoms with van der Waals surface area (Å²) in [5.41, 5.74) is -0.939. The maximum Gasteiger partial charge on any atom is 0.387 e. The molecular weight excluding hydrogens is 453 g/mol. The standard InChI is InChI=1S/C18H11F7N4OS/c19-12-8(13(20)15(22)16(23)14(12)21)7-29-6-5-11(28-29)27-18(31)26-9-3-1-2-4-10(9)30-17(24)25/h1-6,17H,7H2,(H2,26,27,28,31). The second-order valence-corrected chi connectivity index (χ2v) is 6.31. The molecule has 3 aromatic rings. The molecule has 0 saturated heterocycles. The molecule has 0 aliphatic rings. The number of halogens is 7. The maximum atomic E-state index is 13.8. The molecule has 0 bridgehead atoms. The molecule has 2 N–H and O–H groups in total. The molecule has 13 heteroatoms. The van der Waals surface area contributed by atoms with E-state index in [0.717, 1.165) is 4.68 Å². The lowest BCUT2D eigenvalue weighted by Crippen LogP contribution is -2.20. The summed E-state index contributed by atoms with van der Waals surface area (Å²) in [7, 11) is 0. The fourth-order valence-electron chi connectivity index (χ4n) is 2.51. The van der Waals surface area contributed by atoms with Crippen LogP contribution in [0.3, 0.4) is 0 Å². The zero-order valence-corrected chi connectivity index (χ0v) is 15.9. The SMILES string of the molecule is Fc1c(F)c(F)c(Cn2ccc(NC(=S)Nc3ccccc3OC(F)F)n2)c(F)c1F. The lowest BCUT2D eigenvalue weighted by atomic mass is 10.1. The summed E-state index contributed by atoms with van der Waals surface area (Å²) in [6.45, 7) is -3.80. The van der Waals surface area contributed by atoms with Crippen molar-refractivity contribution in [2.24, 2.45) is 0 Å². The van der Waals surface area contributed by atoms with E-state index in [4.69, 9.17) is 12.2 Å². The average molecular weight is 464 g/mol. The fourth-order valence-corrected chi connectivity index (χ4v) is 2.72. The van der Waals surface area contributed by atoms with Gasteiger partial charge in [-0.15, -0.1) is 0 Å². The van der Waals surface area contributed by atoms with E-state index in [1.807, 2.05) is 0 Å². The van der Waals surface area contributed by atoms with Crippen LogP contribution in [0.15, 0.2) is 36.5 Å². The first kappa shape index (κ1) is 22.3. The van der Waals surface area contributed by atoms with Crippen LogP contribution in [0.1, 0.15) is 5.56 Å². The highest BCUT2D eigenvalue weighted by Crippen LogP contribution is 2.26. The van der Waals surface area contributed by atoms with Gasteiger partial charge in [0, 0.05) is 12.3 Å². The monoisotopic (exact) mass is 464 g/mol. The van der Waals surface area contributed by atoms with Gasteiger partial charge in [-0.2, -0.15) is 13.9 Å². The first-order valence-corrected chi connectivity index (χ1v) is 8.73. The number of hydrogen-bond donors (Lipinski definition) is 2. The van der Waals surface area contributed by atoms with Crippen LogP contribution in [0.4, 0.5) is 42.2 Å². The third kappa shape index (κ3) is 5.05. The molecule has 5 nitrogen and oxygen atoms in total. The number of thiocarbonyl (C=S) groups is 1. The predicted molar refractivity (Wildman–Crippen MR) is 100 cm³/mol. The van der Waals surface area contributed by atoms with Crippen LogP contribution in [0.5, 0.6) is 5.75 Å². The number of para-hydroxylation sites is 2. The minimum Gasteiger partial charge on any atom is -0.433 e. The van der Waals surface area contributed by atoms with Crippen LogP contribution < -0.4 is 15.4 Å². The number of ether oxygens (including phenoxy) is 1. The number of rotatable bonds is 6. The second kappa shape index (κ2) is 9.20. The molecule has 164 valence electrons. The Labute approximate surface area is 175 Å². The largest absolute Gasteiger partial charge is 0.433 e. The van der Waals surface area contributed by atoms with Crippen molar-refractivity contribution >= 4 is 28.8 Å². The number of hydrogen-bond acceptors (Lipinski definition) is 3. The Morgan fingerprint density at radius 1 is 0.935 bits per heavy atom. The molecule has 0 atom stereocenters. The van der Waals surface area contributed by atoms with Gasteiger partial charge in [-0.1, -0.05) is 12.1 Å². The summed E-state index contributed by atoms with van der Waals surface area (Å²) in [6.07, 6.45) is 1.21. The van der Waals surface area contributed by atoms with Gasteiger partial charge >= 0.3 is 6.61 Å². The van der Waals surface area contributed by atoms with Crippen molar-refractivity contribution in [1.29, 1.82) is 0 Å². The Balaban J connectivity index is 1.71. The lowest BCUT2D eigenvalue weighted by molar-refractivity contribution is -0.0493. The summed E-state index contributed by atoms with van der Waals surface area (Å²) in [5, 5.41) is 8.99. The van der Waals surface area contributed by atoms with E-state index in [1.165, 1.54) is 30.5 Å². The third-order valence-electron chi connectivity index (χ3n) is 3.85. The fraction of sp³-hybridized carbons (Fsp3) is 0.111. The summed E-state index contributed by atoms with van der Waals surface area (Å²) in [4.78, 5) is 0. The van der Waals surface area contributed by atoms with Crippen molar-refractivity contribution in [3.63, 3.8) is 0 Å². The molecule has 0 fully saturated rings. The molecule has 1 aromatic heterocycles. The van der Waals surface area contributed by atoms with E-state index in [-0.39, 0.29) is 22.4 Å². The summed E-state index contributed by atoms with van der Waals surface area (Å²) in [6, 6.07) is 7.04. The number of nitrogens with zero attached hydrogens (tertiary/aromatic N) is 2. The van der Waals surface area contributed by atoms with Crippen molar-refractivity contribution < 1.29 is 35.5 Å². The quantitative estimate of drug-likeness (QED) is 0.232. The zero-order valence-electron chi connectivity index (χ0n) is 15.1. The lowest BCUT2D eigenvalue weighted by Gasteiger charge is -2.13. The van der Waals surface area contributed by atoms with Gasteiger partial charge in [-0.25, -0.2) is 22.0 Å². The second-order valence-electron chi connectivity index (χ2n) is 5.90. The molecule has 1 heterocycles. The number of alkyl halides is 2. The normalized spacial score (nSPS) is 11.0. The van der Waals surface area contributed by atoms with Crippen LogP contribution >= 0.6 is 12.2 Å². The number of benzene rings is 2. The molecule has 0 amide bonds. The van der Waals surface area contributed by atoms with Crippen LogP contribution in [0, 0.1) is 29.1 Å². The number of nitrogens with one attached hydrogen (secondary N) is 2. The van der Waals surface area contributed by atoms with Gasteiger partial charge in [-0.05, 0) is 24.4 Å². The van der Waals surface area contributed by atoms with Gasteiger partial charge in [0.05, 0.1) is 17.8 Å². The molecule has 0 aliphatic carbocycles. The van der Waals surface area contributed by atoms with Crippen LogP contribution in [0.25, 0.3) is 0 Å². The van der Waals surface area contributed by atoms with Crippen molar-refractivity contribution in [2.75, 3.05) is 10.6 Å². The van der Waals surface area contributed by atoms with E-state index in [1.54, 1.807) is 6.07 Å². The number of anilines is 2. The Morgan fingerprint density at radius 3 is 2.19 bits per heavy atom. The molecule has 3 rings (SSSR count). The highest BCUT2D eigenvalue weighted by atomic mass is 32.1. The summed E-state index contributed by atoms with van der Waals surface area (Å²) in [5.74, 6) is -10.4. The van der Waals surface area contributed by atoms with E-state index in [2.05, 4.69) is 20.5 Å². The Kier molecular flexibility index (Phi) is 6.63. The molecular formula is C18H11F7N4OS. The molecule has 31 heavy (non-hydrogen) atoms. The van der Waals surface area contributed by atoms with Crippen molar-refractivity contribution in [1.82, 2.24) is 9.78 Å². The topological polar surface area (TPSA) is 51.1 Å². The third-order valence-corrected chi connectivity index (χ3v) is 4.06. The van der Waals surface area contributed by atoms with E-state index in [0.29, 0.717) is 0 Å². The summed E-state index contributed by atoms with van der Waals surface area (Å²) < 4.78 is 97.6. The van der Waals surface area contributed by atoms with Gasteiger partial charge in [0.2, 0.25) is 5.82 Å². The molecule has 0 spiro atoms. The van der Waals surface area contributed by atoms with E-state index < -0.39 is 47.8 Å². The van der Waals surface area contributed by atoms with Crippen molar-refractivity contribution in [3.05, 3.63) is 71.2 Å².